The van der Waals surface area contributed by atoms with Crippen molar-refractivity contribution in [2.45, 2.75) is 50.8 Å². The van der Waals surface area contributed by atoms with Crippen molar-refractivity contribution in [3.05, 3.63) is 98.7 Å². The van der Waals surface area contributed by atoms with Crippen LogP contribution in [0.5, 0.6) is 5.75 Å². The molecule has 2 N–H and O–H groups in total. The number of para-hydroxylation sites is 1. The van der Waals surface area contributed by atoms with E-state index in [0.29, 0.717) is 34.7 Å². The molecule has 0 aliphatic carbocycles. The number of hydrogen-bond donors (Lipinski definition) is 2. The maximum Gasteiger partial charge on any atom is 0.245 e. The molecular formula is C32H33Cl2IN4O4S2. The molecule has 1 aromatic heterocycles. The Morgan fingerprint density at radius 1 is 1.13 bits per heavy atom. The molecule has 1 aliphatic rings. The molecule has 0 spiro atoms. The summed E-state index contributed by atoms with van der Waals surface area (Å²) in [6, 6.07) is 17.0. The topological polar surface area (TPSA) is 112 Å². The van der Waals surface area contributed by atoms with E-state index in [4.69, 9.17) is 33.3 Å². The van der Waals surface area contributed by atoms with E-state index in [9.17, 15) is 13.2 Å². The number of fused-ring (bicyclic) bond motifs is 1. The molecule has 238 valence electrons. The summed E-state index contributed by atoms with van der Waals surface area (Å²) in [5, 5.41) is 12.5. The summed E-state index contributed by atoms with van der Waals surface area (Å²) in [6.07, 6.45) is 2.75. The molecule has 5 rings (SSSR count). The smallest absolute Gasteiger partial charge is 0.245 e. The third-order valence-electron chi connectivity index (χ3n) is 7.61. The van der Waals surface area contributed by atoms with E-state index < -0.39 is 16.1 Å². The number of hydrogen-bond acceptors (Lipinski definition) is 7. The van der Waals surface area contributed by atoms with Gasteiger partial charge in [0.05, 0.1) is 10.1 Å². The Morgan fingerprint density at radius 3 is 2.64 bits per heavy atom. The Morgan fingerprint density at radius 2 is 1.89 bits per heavy atom. The number of aryl methyl sites for hydroxylation is 2. The Bertz CT molecular complexity index is 1870. The highest BCUT2D eigenvalue weighted by Crippen LogP contribution is 2.36. The van der Waals surface area contributed by atoms with Crippen LogP contribution in [0, 0.1) is 19.3 Å². The predicted molar refractivity (Wildman–Crippen MR) is 193 cm³/mol. The molecule has 0 saturated carbocycles. The van der Waals surface area contributed by atoms with Gasteiger partial charge in [0.25, 0.3) is 0 Å². The third-order valence-corrected chi connectivity index (χ3v) is 11.1. The summed E-state index contributed by atoms with van der Waals surface area (Å²) in [5.74, 6) is 0.140. The lowest BCUT2D eigenvalue weighted by Gasteiger charge is -2.24. The average Bonchev–Trinajstić information content (AvgIpc) is 3.51. The van der Waals surface area contributed by atoms with E-state index in [-0.39, 0.29) is 64.5 Å². The van der Waals surface area contributed by atoms with Gasteiger partial charge in [-0.3, -0.25) is 10.2 Å². The second-order valence-electron chi connectivity index (χ2n) is 10.6. The van der Waals surface area contributed by atoms with Gasteiger partial charge < -0.3 is 10.1 Å². The van der Waals surface area contributed by atoms with Crippen molar-refractivity contribution in [2.24, 2.45) is 0 Å². The first-order valence-electron chi connectivity index (χ1n) is 14.0. The first-order valence-corrected chi connectivity index (χ1v) is 17.4. The van der Waals surface area contributed by atoms with Gasteiger partial charge in [0.2, 0.25) is 15.9 Å². The highest BCUT2D eigenvalue weighted by atomic mass is 127. The van der Waals surface area contributed by atoms with Crippen LogP contribution in [0.4, 0.5) is 0 Å². The fourth-order valence-corrected chi connectivity index (χ4v) is 8.28. The van der Waals surface area contributed by atoms with Crippen LogP contribution in [0.3, 0.4) is 0 Å². The Labute approximate surface area is 294 Å². The van der Waals surface area contributed by atoms with Crippen molar-refractivity contribution < 1.29 is 17.9 Å². The Hall–Kier alpha value is -2.42. The largest absolute Gasteiger partial charge is 0.487 e. The fraction of sp³-hybridized carbons (Fsp3) is 0.281. The molecular weight excluding hydrogens is 766 g/mol. The zero-order chi connectivity index (χ0) is 31.6. The molecule has 1 amide bonds. The first-order chi connectivity index (χ1) is 21.0. The van der Waals surface area contributed by atoms with Crippen LogP contribution in [-0.2, 0) is 28.0 Å². The molecule has 0 bridgehead atoms. The maximum absolute atomic E-state index is 13.9. The number of nitrogens with one attached hydrogen (secondary N) is 2. The minimum absolute atomic E-state index is 0. The van der Waals surface area contributed by atoms with Gasteiger partial charge in [0.15, 0.2) is 0 Å². The molecule has 1 fully saturated rings. The number of pyridine rings is 1. The van der Waals surface area contributed by atoms with Gasteiger partial charge in [0.1, 0.15) is 28.8 Å². The van der Waals surface area contributed by atoms with Crippen molar-refractivity contribution in [1.29, 1.82) is 5.41 Å². The van der Waals surface area contributed by atoms with Gasteiger partial charge in [-0.05, 0) is 74.4 Å². The molecule has 3 aromatic carbocycles. The summed E-state index contributed by atoms with van der Waals surface area (Å²) in [6.45, 7) is 4.24. The molecule has 0 unspecified atom stereocenters. The summed E-state index contributed by atoms with van der Waals surface area (Å²) >= 11 is 14.6. The number of ether oxygens (including phenoxy) is 1. The lowest BCUT2D eigenvalue weighted by Crippen LogP contribution is -2.45. The van der Waals surface area contributed by atoms with Crippen LogP contribution in [0.2, 0.25) is 10.0 Å². The number of carbonyl (C=O) groups is 1. The Balaban J connectivity index is 0.00000461. The highest BCUT2D eigenvalue weighted by molar-refractivity contribution is 14.0. The Kier molecular flexibility index (Phi) is 11.8. The van der Waals surface area contributed by atoms with Gasteiger partial charge in [-0.15, -0.1) is 35.7 Å². The molecule has 2 heterocycles. The zero-order valence-electron chi connectivity index (χ0n) is 24.9. The number of benzene rings is 3. The number of carbonyl (C=O) groups excluding carboxylic acids is 1. The van der Waals surface area contributed by atoms with E-state index >= 15 is 0 Å². The molecule has 45 heavy (non-hydrogen) atoms. The van der Waals surface area contributed by atoms with E-state index in [0.717, 1.165) is 27.8 Å². The molecule has 4 aromatic rings. The summed E-state index contributed by atoms with van der Waals surface area (Å²) < 4.78 is 35.2. The zero-order valence-corrected chi connectivity index (χ0v) is 30.4. The van der Waals surface area contributed by atoms with Crippen LogP contribution in [0.1, 0.15) is 40.8 Å². The number of thioether (sulfide) groups is 1. The second-order valence-corrected chi connectivity index (χ2v) is 14.0. The van der Waals surface area contributed by atoms with E-state index in [2.05, 4.69) is 10.3 Å². The summed E-state index contributed by atoms with van der Waals surface area (Å²) in [7, 11) is -4.15. The van der Waals surface area contributed by atoms with Gasteiger partial charge in [0, 0.05) is 40.3 Å². The molecule has 13 heteroatoms. The maximum atomic E-state index is 13.9. The van der Waals surface area contributed by atoms with Crippen LogP contribution in [0.25, 0.3) is 10.9 Å². The molecule has 1 aliphatic heterocycles. The quantitative estimate of drug-likeness (QED) is 0.103. The normalized spacial score (nSPS) is 15.1. The van der Waals surface area contributed by atoms with Crippen molar-refractivity contribution in [2.75, 3.05) is 12.8 Å². The predicted octanol–water partition coefficient (Wildman–Crippen LogP) is 7.51. The molecule has 1 saturated heterocycles. The number of sulfonamides is 1. The average molecular weight is 800 g/mol. The minimum atomic E-state index is -4.15. The van der Waals surface area contributed by atoms with Crippen molar-refractivity contribution in [3.8, 4) is 5.75 Å². The van der Waals surface area contributed by atoms with Gasteiger partial charge in [-0.25, -0.2) is 13.4 Å². The molecule has 1 atom stereocenters. The SMILES string of the molecule is CSC(=N)c1cccc(CNC(=O)[C@@H]2CCCN2S(=O)(=O)c2ccc(Cl)c(COc3cccc4c(C)cc(C)nc34)c2Cl)c1.I. The number of aromatic nitrogens is 1. The van der Waals surface area contributed by atoms with Crippen molar-refractivity contribution in [1.82, 2.24) is 14.6 Å². The lowest BCUT2D eigenvalue weighted by atomic mass is 10.1. The lowest BCUT2D eigenvalue weighted by molar-refractivity contribution is -0.124. The standard InChI is InChI=1S/C32H32Cl2N4O4S2.HI/c1-19-15-20(2)37-30-23(19)9-5-11-27(30)42-18-24-25(33)12-13-28(29(24)34)44(40,41)38-14-6-10-26(38)32(39)36-17-21-7-4-8-22(16-21)31(35)43-3;/h4-5,7-9,11-13,15-16,26,35H,6,10,14,17-18H2,1-3H3,(H,36,39);1H/t26-;/m0./s1. The van der Waals surface area contributed by atoms with Crippen LogP contribution < -0.4 is 10.1 Å². The third kappa shape index (κ3) is 7.60. The second kappa shape index (κ2) is 15.0. The number of amides is 1. The van der Waals surface area contributed by atoms with Crippen LogP contribution in [0.15, 0.2) is 65.6 Å². The molecule has 8 nitrogen and oxygen atoms in total. The van der Waals surface area contributed by atoms with Crippen LogP contribution in [-0.4, -0.2) is 47.5 Å². The number of nitrogens with zero attached hydrogens (tertiary/aromatic N) is 2. The van der Waals surface area contributed by atoms with E-state index in [1.54, 1.807) is 6.07 Å². The highest BCUT2D eigenvalue weighted by Gasteiger charge is 2.40. The van der Waals surface area contributed by atoms with Crippen LogP contribution >= 0.6 is 58.9 Å². The fourth-order valence-electron chi connectivity index (χ4n) is 5.39. The molecule has 0 radical (unpaired) electrons. The first kappa shape index (κ1) is 35.4. The van der Waals surface area contributed by atoms with Crippen molar-refractivity contribution >= 4 is 90.8 Å². The van der Waals surface area contributed by atoms with Crippen molar-refractivity contribution in [3.63, 3.8) is 0 Å². The van der Waals surface area contributed by atoms with E-state index in [1.807, 2.05) is 62.6 Å². The summed E-state index contributed by atoms with van der Waals surface area (Å²) in [5.41, 5.74) is 4.51. The summed E-state index contributed by atoms with van der Waals surface area (Å²) in [4.78, 5) is 17.8. The minimum Gasteiger partial charge on any atom is -0.487 e. The van der Waals surface area contributed by atoms with Gasteiger partial charge in [-0.1, -0.05) is 53.5 Å². The van der Waals surface area contributed by atoms with Gasteiger partial charge >= 0.3 is 0 Å². The monoisotopic (exact) mass is 798 g/mol. The van der Waals surface area contributed by atoms with Gasteiger partial charge in [-0.2, -0.15) is 4.31 Å². The van der Waals surface area contributed by atoms with E-state index in [1.165, 1.54) is 28.2 Å². The number of halogens is 3. The number of rotatable bonds is 9.